The van der Waals surface area contributed by atoms with E-state index in [9.17, 15) is 4.79 Å². The van der Waals surface area contributed by atoms with E-state index in [0.29, 0.717) is 12.0 Å². The molecule has 4 nitrogen and oxygen atoms in total. The first-order valence-electron chi connectivity index (χ1n) is 8.39. The van der Waals surface area contributed by atoms with Gasteiger partial charge in [0.1, 0.15) is 0 Å². The maximum absolute atomic E-state index is 12.7. The van der Waals surface area contributed by atoms with Crippen LogP contribution in [0, 0.1) is 5.92 Å². The summed E-state index contributed by atoms with van der Waals surface area (Å²) < 4.78 is 2.29. The average Bonchev–Trinajstić information content (AvgIpc) is 2.95. The van der Waals surface area contributed by atoms with Crippen LogP contribution in [0.1, 0.15) is 57.7 Å². The van der Waals surface area contributed by atoms with Gasteiger partial charge in [-0.25, -0.2) is 4.79 Å². The Morgan fingerprint density at radius 3 is 2.71 bits per heavy atom. The number of carbonyl (C=O) groups is 1. The van der Waals surface area contributed by atoms with Gasteiger partial charge in [-0.3, -0.25) is 0 Å². The van der Waals surface area contributed by atoms with Crippen LogP contribution in [0.4, 0.5) is 4.79 Å². The predicted molar refractivity (Wildman–Crippen MR) is 84.1 cm³/mol. The molecular weight excluding hydrogens is 262 g/mol. The lowest BCUT2D eigenvalue weighted by molar-refractivity contribution is 0.128. The largest absolute Gasteiger partial charge is 0.348 e. The molecule has 2 amide bonds. The average molecular weight is 289 g/mol. The van der Waals surface area contributed by atoms with Crippen molar-refractivity contribution in [2.24, 2.45) is 5.92 Å². The topological polar surface area (TPSA) is 37.3 Å². The Labute approximate surface area is 127 Å². The quantitative estimate of drug-likeness (QED) is 0.888. The maximum Gasteiger partial charge on any atom is 0.318 e. The molecule has 3 rings (SSSR count). The number of hydrogen-bond donors (Lipinski definition) is 1. The highest BCUT2D eigenvalue weighted by atomic mass is 16.2. The Morgan fingerprint density at radius 2 is 2.00 bits per heavy atom. The summed E-state index contributed by atoms with van der Waals surface area (Å²) in [6.45, 7) is 6.12. The van der Waals surface area contributed by atoms with Gasteiger partial charge in [0.15, 0.2) is 0 Å². The van der Waals surface area contributed by atoms with Gasteiger partial charge in [0.25, 0.3) is 0 Å². The predicted octanol–water partition coefficient (Wildman–Crippen LogP) is 3.54. The van der Waals surface area contributed by atoms with Crippen molar-refractivity contribution in [2.45, 2.75) is 64.6 Å². The standard InChI is InChI=1S/C17H27N3O/c1-13(2)16-15-9-6-10-19(15)11-12-20(16)17(21)18-14-7-4-3-5-8-14/h6,9-10,13-14,16H,3-5,7-8,11-12H2,1-2H3,(H,18,21). The highest BCUT2D eigenvalue weighted by molar-refractivity contribution is 5.75. The summed E-state index contributed by atoms with van der Waals surface area (Å²) >= 11 is 0. The maximum atomic E-state index is 12.7. The van der Waals surface area contributed by atoms with Crippen LogP contribution in [0.15, 0.2) is 18.3 Å². The van der Waals surface area contributed by atoms with E-state index < -0.39 is 0 Å². The van der Waals surface area contributed by atoms with Crippen molar-refractivity contribution in [2.75, 3.05) is 6.54 Å². The van der Waals surface area contributed by atoms with E-state index in [1.807, 2.05) is 0 Å². The SMILES string of the molecule is CC(C)C1c2cccn2CCN1C(=O)NC1CCCCC1. The molecule has 21 heavy (non-hydrogen) atoms. The van der Waals surface area contributed by atoms with Crippen LogP contribution >= 0.6 is 0 Å². The van der Waals surface area contributed by atoms with Gasteiger partial charge in [-0.1, -0.05) is 33.1 Å². The van der Waals surface area contributed by atoms with Crippen LogP contribution < -0.4 is 5.32 Å². The molecule has 0 spiro atoms. The third kappa shape index (κ3) is 2.94. The highest BCUT2D eigenvalue weighted by Crippen LogP contribution is 2.32. The number of fused-ring (bicyclic) bond motifs is 1. The van der Waals surface area contributed by atoms with Gasteiger partial charge in [-0.05, 0) is 30.9 Å². The number of nitrogens with one attached hydrogen (secondary N) is 1. The molecule has 1 unspecified atom stereocenters. The van der Waals surface area contributed by atoms with Crippen LogP contribution in [0.3, 0.4) is 0 Å². The molecule has 1 saturated carbocycles. The summed E-state index contributed by atoms with van der Waals surface area (Å²) in [7, 11) is 0. The summed E-state index contributed by atoms with van der Waals surface area (Å²) in [6, 6.07) is 4.95. The second-order valence-corrected chi connectivity index (χ2v) is 6.79. The van der Waals surface area contributed by atoms with E-state index in [4.69, 9.17) is 0 Å². The zero-order valence-electron chi connectivity index (χ0n) is 13.2. The molecule has 1 aliphatic heterocycles. The summed E-state index contributed by atoms with van der Waals surface area (Å²) in [5, 5.41) is 3.27. The fourth-order valence-corrected chi connectivity index (χ4v) is 3.85. The Balaban J connectivity index is 1.72. The number of aromatic nitrogens is 1. The molecule has 1 aliphatic carbocycles. The summed E-state index contributed by atoms with van der Waals surface area (Å²) in [4.78, 5) is 14.8. The van der Waals surface area contributed by atoms with Gasteiger partial charge in [-0.2, -0.15) is 0 Å². The van der Waals surface area contributed by atoms with Gasteiger partial charge >= 0.3 is 6.03 Å². The Hall–Kier alpha value is -1.45. The van der Waals surface area contributed by atoms with E-state index in [1.165, 1.54) is 25.0 Å². The molecule has 1 N–H and O–H groups in total. The van der Waals surface area contributed by atoms with E-state index in [0.717, 1.165) is 25.9 Å². The summed E-state index contributed by atoms with van der Waals surface area (Å²) in [5.74, 6) is 0.427. The number of hydrogen-bond acceptors (Lipinski definition) is 1. The van der Waals surface area contributed by atoms with Crippen LogP contribution in [0.5, 0.6) is 0 Å². The molecule has 116 valence electrons. The molecular formula is C17H27N3O. The molecule has 0 radical (unpaired) electrons. The monoisotopic (exact) mass is 289 g/mol. The van der Waals surface area contributed by atoms with E-state index in [2.05, 4.69) is 47.0 Å². The van der Waals surface area contributed by atoms with Gasteiger partial charge < -0.3 is 14.8 Å². The second kappa shape index (κ2) is 6.12. The lowest BCUT2D eigenvalue weighted by atomic mass is 9.95. The molecule has 1 fully saturated rings. The molecule has 1 atom stereocenters. The minimum absolute atomic E-state index is 0.132. The van der Waals surface area contributed by atoms with Crippen molar-refractivity contribution >= 4 is 6.03 Å². The Morgan fingerprint density at radius 1 is 1.24 bits per heavy atom. The van der Waals surface area contributed by atoms with Crippen molar-refractivity contribution in [3.8, 4) is 0 Å². The van der Waals surface area contributed by atoms with Crippen LogP contribution in [0.25, 0.3) is 0 Å². The molecule has 1 aromatic heterocycles. The van der Waals surface area contributed by atoms with Gasteiger partial charge in [0, 0.05) is 31.0 Å². The first kappa shape index (κ1) is 14.5. The van der Waals surface area contributed by atoms with Crippen LogP contribution in [-0.2, 0) is 6.54 Å². The number of rotatable bonds is 2. The first-order chi connectivity index (χ1) is 10.2. The summed E-state index contributed by atoms with van der Waals surface area (Å²) in [6.07, 6.45) is 8.23. The minimum Gasteiger partial charge on any atom is -0.348 e. The Kier molecular flexibility index (Phi) is 4.22. The fourth-order valence-electron chi connectivity index (χ4n) is 3.85. The Bertz CT molecular complexity index is 488. The lowest BCUT2D eigenvalue weighted by Gasteiger charge is -2.40. The number of amides is 2. The third-order valence-electron chi connectivity index (χ3n) is 4.91. The molecule has 4 heteroatoms. The fraction of sp³-hybridized carbons (Fsp3) is 0.706. The molecule has 0 aromatic carbocycles. The molecule has 0 saturated heterocycles. The van der Waals surface area contributed by atoms with Crippen LogP contribution in [-0.4, -0.2) is 28.1 Å². The van der Waals surface area contributed by atoms with Gasteiger partial charge in [0.05, 0.1) is 6.04 Å². The van der Waals surface area contributed by atoms with Crippen molar-refractivity contribution in [3.63, 3.8) is 0 Å². The van der Waals surface area contributed by atoms with E-state index in [-0.39, 0.29) is 12.1 Å². The number of nitrogens with zero attached hydrogens (tertiary/aromatic N) is 2. The van der Waals surface area contributed by atoms with Crippen molar-refractivity contribution in [3.05, 3.63) is 24.0 Å². The van der Waals surface area contributed by atoms with Crippen molar-refractivity contribution in [1.29, 1.82) is 0 Å². The van der Waals surface area contributed by atoms with Crippen molar-refractivity contribution < 1.29 is 4.79 Å². The van der Waals surface area contributed by atoms with Gasteiger partial charge in [0.2, 0.25) is 0 Å². The van der Waals surface area contributed by atoms with Gasteiger partial charge in [-0.15, -0.1) is 0 Å². The minimum atomic E-state index is 0.132. The normalized spacial score (nSPS) is 23.2. The second-order valence-electron chi connectivity index (χ2n) is 6.79. The first-order valence-corrected chi connectivity index (χ1v) is 8.39. The van der Waals surface area contributed by atoms with Crippen molar-refractivity contribution in [1.82, 2.24) is 14.8 Å². The lowest BCUT2D eigenvalue weighted by Crippen LogP contribution is -2.51. The summed E-state index contributed by atoms with van der Waals surface area (Å²) in [5.41, 5.74) is 1.27. The smallest absolute Gasteiger partial charge is 0.318 e. The van der Waals surface area contributed by atoms with Crippen LogP contribution in [0.2, 0.25) is 0 Å². The number of urea groups is 1. The van der Waals surface area contributed by atoms with E-state index >= 15 is 0 Å². The molecule has 1 aromatic rings. The molecule has 2 aliphatic rings. The third-order valence-corrected chi connectivity index (χ3v) is 4.91. The highest BCUT2D eigenvalue weighted by Gasteiger charge is 2.33. The zero-order chi connectivity index (χ0) is 14.8. The molecule has 2 heterocycles. The molecule has 0 bridgehead atoms. The zero-order valence-corrected chi connectivity index (χ0v) is 13.2. The van der Waals surface area contributed by atoms with E-state index in [1.54, 1.807) is 0 Å². The number of carbonyl (C=O) groups excluding carboxylic acids is 1.